The monoisotopic (exact) mass is 366 g/mol. The molecule has 0 amide bonds. The van der Waals surface area contributed by atoms with E-state index in [1.54, 1.807) is 17.7 Å². The molecule has 1 aliphatic heterocycles. The topological polar surface area (TPSA) is 64.3 Å². The Morgan fingerprint density at radius 2 is 2.23 bits per heavy atom. The molecule has 0 N–H and O–H groups in total. The predicted molar refractivity (Wildman–Crippen MR) is 102 cm³/mol. The molecular formula is C19H18N4O2S. The van der Waals surface area contributed by atoms with Crippen molar-refractivity contribution in [1.29, 1.82) is 0 Å². The van der Waals surface area contributed by atoms with E-state index in [-0.39, 0.29) is 6.10 Å². The normalized spacial score (nSPS) is 17.6. The van der Waals surface area contributed by atoms with E-state index in [1.165, 1.54) is 0 Å². The van der Waals surface area contributed by atoms with Crippen LogP contribution in [0.3, 0.4) is 0 Å². The van der Waals surface area contributed by atoms with Crippen LogP contribution < -0.4 is 4.90 Å². The summed E-state index contributed by atoms with van der Waals surface area (Å²) in [6.45, 7) is 4.27. The van der Waals surface area contributed by atoms with Gasteiger partial charge in [-0.2, -0.15) is 0 Å². The number of anilines is 1. The number of benzene rings is 1. The number of aromatic nitrogens is 3. The molecule has 26 heavy (non-hydrogen) atoms. The minimum Gasteiger partial charge on any atom is -0.450 e. The Hall–Kier alpha value is -2.51. The number of hydrogen-bond donors (Lipinski definition) is 0. The third-order valence-electron chi connectivity index (χ3n) is 4.72. The summed E-state index contributed by atoms with van der Waals surface area (Å²) in [7, 11) is 0. The van der Waals surface area contributed by atoms with Crippen molar-refractivity contribution in [3.05, 3.63) is 46.7 Å². The fourth-order valence-electron chi connectivity index (χ4n) is 3.47. The zero-order chi connectivity index (χ0) is 17.5. The van der Waals surface area contributed by atoms with Crippen molar-refractivity contribution in [2.45, 2.75) is 26.1 Å². The molecule has 4 aromatic rings. The summed E-state index contributed by atoms with van der Waals surface area (Å²) in [5.41, 5.74) is 3.47. The van der Waals surface area contributed by atoms with Crippen LogP contribution in [0.25, 0.3) is 22.1 Å². The molecule has 0 saturated carbocycles. The molecule has 1 aliphatic rings. The zero-order valence-corrected chi connectivity index (χ0v) is 15.2. The molecule has 3 aromatic heterocycles. The predicted octanol–water partition coefficient (Wildman–Crippen LogP) is 3.94. The second-order valence-electron chi connectivity index (χ2n) is 6.50. The number of nitrogens with zero attached hydrogens (tertiary/aromatic N) is 4. The third-order valence-corrected chi connectivity index (χ3v) is 5.54. The average Bonchev–Trinajstić information content (AvgIpc) is 3.37. The SMILES string of the molecule is Cc1nc(CO[C@H]2CCN(c3ncnc4c3oc3ccccc34)C2)cs1. The number of para-hydroxylation sites is 1. The van der Waals surface area contributed by atoms with Gasteiger partial charge in [0, 0.05) is 23.9 Å². The van der Waals surface area contributed by atoms with E-state index in [0.29, 0.717) is 6.61 Å². The van der Waals surface area contributed by atoms with Crippen LogP contribution >= 0.6 is 11.3 Å². The first-order valence-electron chi connectivity index (χ1n) is 8.68. The van der Waals surface area contributed by atoms with E-state index in [0.717, 1.165) is 58.1 Å². The molecule has 6 nitrogen and oxygen atoms in total. The van der Waals surface area contributed by atoms with Gasteiger partial charge >= 0.3 is 0 Å². The first-order valence-corrected chi connectivity index (χ1v) is 9.56. The summed E-state index contributed by atoms with van der Waals surface area (Å²) >= 11 is 1.66. The third kappa shape index (κ3) is 2.73. The van der Waals surface area contributed by atoms with Crippen LogP contribution in [0.4, 0.5) is 5.82 Å². The molecule has 1 saturated heterocycles. The van der Waals surface area contributed by atoms with Gasteiger partial charge in [0.05, 0.1) is 23.4 Å². The highest BCUT2D eigenvalue weighted by molar-refractivity contribution is 7.09. The number of rotatable bonds is 4. The molecule has 1 atom stereocenters. The first-order chi connectivity index (χ1) is 12.8. The second kappa shape index (κ2) is 6.34. The lowest BCUT2D eigenvalue weighted by Gasteiger charge is -2.17. The Bertz CT molecular complexity index is 1070. The minimum absolute atomic E-state index is 0.173. The molecule has 4 heterocycles. The highest BCUT2D eigenvalue weighted by Crippen LogP contribution is 2.33. The lowest BCUT2D eigenvalue weighted by Crippen LogP contribution is -2.24. The molecule has 1 fully saturated rings. The van der Waals surface area contributed by atoms with Crippen molar-refractivity contribution < 1.29 is 9.15 Å². The molecule has 0 bridgehead atoms. The van der Waals surface area contributed by atoms with Gasteiger partial charge in [-0.3, -0.25) is 0 Å². The van der Waals surface area contributed by atoms with Crippen molar-refractivity contribution in [1.82, 2.24) is 15.0 Å². The Labute approximate surface area is 154 Å². The van der Waals surface area contributed by atoms with E-state index < -0.39 is 0 Å². The number of fused-ring (bicyclic) bond motifs is 3. The quantitative estimate of drug-likeness (QED) is 0.545. The molecular weight excluding hydrogens is 348 g/mol. The van der Waals surface area contributed by atoms with Gasteiger partial charge in [0.1, 0.15) is 17.4 Å². The largest absolute Gasteiger partial charge is 0.450 e. The molecule has 5 rings (SSSR count). The summed E-state index contributed by atoms with van der Waals surface area (Å²) in [6, 6.07) is 7.97. The lowest BCUT2D eigenvalue weighted by molar-refractivity contribution is 0.0536. The standard InChI is InChI=1S/C19H18N4O2S/c1-12-22-13(10-26-12)9-24-14-6-7-23(8-14)19-18-17(20-11-21-19)15-4-2-3-5-16(15)25-18/h2-5,10-11,14H,6-9H2,1H3/t14-/m0/s1. The van der Waals surface area contributed by atoms with Crippen molar-refractivity contribution in [2.75, 3.05) is 18.0 Å². The van der Waals surface area contributed by atoms with E-state index in [2.05, 4.69) is 25.2 Å². The van der Waals surface area contributed by atoms with E-state index in [4.69, 9.17) is 9.15 Å². The lowest BCUT2D eigenvalue weighted by atomic mass is 10.2. The van der Waals surface area contributed by atoms with Gasteiger partial charge in [-0.15, -0.1) is 11.3 Å². The Morgan fingerprint density at radius 1 is 1.31 bits per heavy atom. The van der Waals surface area contributed by atoms with E-state index >= 15 is 0 Å². The molecule has 0 radical (unpaired) electrons. The molecule has 7 heteroatoms. The summed E-state index contributed by atoms with van der Waals surface area (Å²) in [6.07, 6.45) is 2.76. The van der Waals surface area contributed by atoms with Gasteiger partial charge in [0.15, 0.2) is 11.4 Å². The average molecular weight is 366 g/mol. The van der Waals surface area contributed by atoms with Gasteiger partial charge in [-0.1, -0.05) is 12.1 Å². The van der Waals surface area contributed by atoms with Crippen LogP contribution in [0, 0.1) is 6.92 Å². The van der Waals surface area contributed by atoms with Crippen molar-refractivity contribution in [3.8, 4) is 0 Å². The summed E-state index contributed by atoms with van der Waals surface area (Å²) in [5.74, 6) is 0.849. The highest BCUT2D eigenvalue weighted by atomic mass is 32.1. The van der Waals surface area contributed by atoms with Gasteiger partial charge in [-0.05, 0) is 25.5 Å². The molecule has 0 unspecified atom stereocenters. The summed E-state index contributed by atoms with van der Waals surface area (Å²) < 4.78 is 12.1. The number of thiazole rings is 1. The van der Waals surface area contributed by atoms with Crippen molar-refractivity contribution in [3.63, 3.8) is 0 Å². The summed E-state index contributed by atoms with van der Waals surface area (Å²) in [4.78, 5) is 15.6. The van der Waals surface area contributed by atoms with Crippen LogP contribution in [0.2, 0.25) is 0 Å². The number of ether oxygens (including phenoxy) is 1. The first kappa shape index (κ1) is 15.7. The fourth-order valence-corrected chi connectivity index (χ4v) is 4.07. The molecule has 132 valence electrons. The van der Waals surface area contributed by atoms with Crippen LogP contribution in [-0.2, 0) is 11.3 Å². The maximum Gasteiger partial charge on any atom is 0.196 e. The van der Waals surface area contributed by atoms with Crippen molar-refractivity contribution >= 4 is 39.2 Å². The Morgan fingerprint density at radius 3 is 3.12 bits per heavy atom. The van der Waals surface area contributed by atoms with Crippen LogP contribution in [0.5, 0.6) is 0 Å². The van der Waals surface area contributed by atoms with Gasteiger partial charge in [0.25, 0.3) is 0 Å². The van der Waals surface area contributed by atoms with Gasteiger partial charge < -0.3 is 14.1 Å². The van der Waals surface area contributed by atoms with Gasteiger partial charge in [-0.25, -0.2) is 15.0 Å². The maximum absolute atomic E-state index is 6.05. The summed E-state index contributed by atoms with van der Waals surface area (Å²) in [5, 5.41) is 4.16. The Balaban J connectivity index is 1.37. The molecule has 1 aromatic carbocycles. The van der Waals surface area contributed by atoms with Crippen LogP contribution in [0.1, 0.15) is 17.1 Å². The maximum atomic E-state index is 6.05. The molecule has 0 aliphatic carbocycles. The van der Waals surface area contributed by atoms with Crippen LogP contribution in [0.15, 0.2) is 40.4 Å². The number of aryl methyl sites for hydroxylation is 1. The highest BCUT2D eigenvalue weighted by Gasteiger charge is 2.27. The smallest absolute Gasteiger partial charge is 0.196 e. The van der Waals surface area contributed by atoms with Crippen molar-refractivity contribution in [2.24, 2.45) is 0 Å². The Kier molecular flexibility index (Phi) is 3.83. The second-order valence-corrected chi connectivity index (χ2v) is 7.56. The van der Waals surface area contributed by atoms with Crippen LogP contribution in [-0.4, -0.2) is 34.1 Å². The molecule has 0 spiro atoms. The number of furan rings is 1. The zero-order valence-electron chi connectivity index (χ0n) is 14.4. The van der Waals surface area contributed by atoms with Gasteiger partial charge in [0.2, 0.25) is 0 Å². The van der Waals surface area contributed by atoms with E-state index in [9.17, 15) is 0 Å². The number of hydrogen-bond acceptors (Lipinski definition) is 7. The minimum atomic E-state index is 0.173. The fraction of sp³-hybridized carbons (Fsp3) is 0.316. The van der Waals surface area contributed by atoms with E-state index in [1.807, 2.05) is 31.2 Å².